The minimum Gasteiger partial charge on any atom is -0.369 e. The van der Waals surface area contributed by atoms with Crippen molar-refractivity contribution in [2.45, 2.75) is 43.8 Å². The van der Waals surface area contributed by atoms with Gasteiger partial charge in [0, 0.05) is 51.2 Å². The number of anilines is 1. The number of nitrogens with zero attached hydrogens (tertiary/aromatic N) is 3. The van der Waals surface area contributed by atoms with E-state index < -0.39 is 10.0 Å². The van der Waals surface area contributed by atoms with Crippen LogP contribution in [-0.2, 0) is 21.2 Å². The molecule has 2 N–H and O–H groups in total. The molecule has 4 atom stereocenters. The maximum absolute atomic E-state index is 12.8. The van der Waals surface area contributed by atoms with Gasteiger partial charge >= 0.3 is 0 Å². The summed E-state index contributed by atoms with van der Waals surface area (Å²) >= 11 is 0. The molecule has 4 rings (SSSR count). The van der Waals surface area contributed by atoms with Crippen LogP contribution in [0.15, 0.2) is 29.3 Å². The predicted octanol–water partition coefficient (Wildman–Crippen LogP) is 0.637. The molecular formula is C22H33N5O3S. The Balaban J connectivity index is 1.33. The molecule has 2 heterocycles. The molecule has 1 amide bonds. The zero-order valence-electron chi connectivity index (χ0n) is 18.3. The molecule has 1 aromatic carbocycles. The molecule has 2 bridgehead atoms. The van der Waals surface area contributed by atoms with E-state index in [4.69, 9.17) is 0 Å². The van der Waals surface area contributed by atoms with Gasteiger partial charge in [-0.15, -0.1) is 0 Å². The van der Waals surface area contributed by atoms with E-state index in [2.05, 4.69) is 44.8 Å². The largest absolute Gasteiger partial charge is 0.369 e. The number of carbonyl (C=O) groups is 1. The van der Waals surface area contributed by atoms with E-state index >= 15 is 0 Å². The summed E-state index contributed by atoms with van der Waals surface area (Å²) in [5, 5.41) is 6.62. The fraction of sp³-hybridized carbons (Fsp3) is 0.636. The summed E-state index contributed by atoms with van der Waals surface area (Å²) in [5.74, 6) is 0.545. The van der Waals surface area contributed by atoms with E-state index in [1.165, 1.54) is 17.0 Å². The normalized spacial score (nSPS) is 27.7. The summed E-state index contributed by atoms with van der Waals surface area (Å²) in [7, 11) is -1.39. The fourth-order valence-corrected chi connectivity index (χ4v) is 5.95. The number of carbonyl (C=O) groups excluding carboxylic acids is 1. The van der Waals surface area contributed by atoms with Crippen LogP contribution in [0.4, 0.5) is 5.69 Å². The van der Waals surface area contributed by atoms with Crippen LogP contribution in [0.1, 0.15) is 24.8 Å². The van der Waals surface area contributed by atoms with Gasteiger partial charge in [-0.3, -0.25) is 9.79 Å². The van der Waals surface area contributed by atoms with E-state index in [1.807, 2.05) is 6.21 Å². The van der Waals surface area contributed by atoms with Crippen molar-refractivity contribution < 1.29 is 13.2 Å². The summed E-state index contributed by atoms with van der Waals surface area (Å²) in [4.78, 5) is 19.1. The molecule has 9 heteroatoms. The molecule has 3 fully saturated rings. The molecule has 8 nitrogen and oxygen atoms in total. The van der Waals surface area contributed by atoms with Gasteiger partial charge in [0.15, 0.2) is 0 Å². The molecule has 0 spiro atoms. The number of fused-ring (bicyclic) bond motifs is 2. The lowest BCUT2D eigenvalue weighted by Gasteiger charge is -2.34. The number of nitrogens with one attached hydrogen (secondary N) is 2. The highest BCUT2D eigenvalue weighted by Crippen LogP contribution is 2.35. The number of rotatable bonds is 7. The third kappa shape index (κ3) is 5.27. The molecule has 2 saturated heterocycles. The van der Waals surface area contributed by atoms with Gasteiger partial charge in [-0.25, -0.2) is 8.42 Å². The van der Waals surface area contributed by atoms with Crippen LogP contribution in [0.3, 0.4) is 0 Å². The van der Waals surface area contributed by atoms with Crippen LogP contribution < -0.4 is 15.5 Å². The van der Waals surface area contributed by atoms with Gasteiger partial charge < -0.3 is 15.5 Å². The molecule has 0 aromatic heterocycles. The van der Waals surface area contributed by atoms with Crippen LogP contribution in [-0.4, -0.2) is 82.5 Å². The molecule has 1 saturated carbocycles. The SMILES string of the molecule is C/N=C/[C@H](Cc1ccc(N2CCN(S(C)(=O)=O)CC2)cc1)NC(=O)[C@H]1N[C@@H]2CC[C@H]1C2. The van der Waals surface area contributed by atoms with E-state index in [0.29, 0.717) is 44.6 Å². The first-order valence-corrected chi connectivity index (χ1v) is 13.0. The third-order valence-electron chi connectivity index (χ3n) is 6.76. The van der Waals surface area contributed by atoms with Crippen molar-refractivity contribution in [2.24, 2.45) is 10.9 Å². The van der Waals surface area contributed by atoms with Crippen molar-refractivity contribution in [3.63, 3.8) is 0 Å². The summed E-state index contributed by atoms with van der Waals surface area (Å²) < 4.78 is 24.9. The Morgan fingerprint density at radius 2 is 1.94 bits per heavy atom. The number of sulfonamides is 1. The lowest BCUT2D eigenvalue weighted by atomic mass is 9.98. The van der Waals surface area contributed by atoms with Crippen molar-refractivity contribution in [2.75, 3.05) is 44.4 Å². The molecule has 0 unspecified atom stereocenters. The van der Waals surface area contributed by atoms with Crippen molar-refractivity contribution in [1.29, 1.82) is 0 Å². The molecular weight excluding hydrogens is 414 g/mol. The third-order valence-corrected chi connectivity index (χ3v) is 8.07. The Hall–Kier alpha value is -1.97. The molecule has 2 aliphatic heterocycles. The zero-order chi connectivity index (χ0) is 22.0. The zero-order valence-corrected chi connectivity index (χ0v) is 19.1. The highest BCUT2D eigenvalue weighted by molar-refractivity contribution is 7.88. The first-order chi connectivity index (χ1) is 14.8. The summed E-state index contributed by atoms with van der Waals surface area (Å²) in [5.41, 5.74) is 2.22. The van der Waals surface area contributed by atoms with Crippen molar-refractivity contribution in [1.82, 2.24) is 14.9 Å². The van der Waals surface area contributed by atoms with Crippen LogP contribution in [0, 0.1) is 5.92 Å². The van der Waals surface area contributed by atoms with E-state index in [-0.39, 0.29) is 18.0 Å². The smallest absolute Gasteiger partial charge is 0.237 e. The lowest BCUT2D eigenvalue weighted by molar-refractivity contribution is -0.124. The summed E-state index contributed by atoms with van der Waals surface area (Å²) in [6, 6.07) is 8.61. The quantitative estimate of drug-likeness (QED) is 0.598. The van der Waals surface area contributed by atoms with Gasteiger partial charge in [0.1, 0.15) is 0 Å². The highest BCUT2D eigenvalue weighted by atomic mass is 32.2. The second-order valence-corrected chi connectivity index (χ2v) is 10.9. The van der Waals surface area contributed by atoms with Crippen LogP contribution in [0.25, 0.3) is 0 Å². The molecule has 1 aliphatic carbocycles. The van der Waals surface area contributed by atoms with Gasteiger partial charge in [0.2, 0.25) is 15.9 Å². The fourth-order valence-electron chi connectivity index (χ4n) is 5.12. The van der Waals surface area contributed by atoms with E-state index in [1.54, 1.807) is 7.05 Å². The number of piperidine rings is 1. The van der Waals surface area contributed by atoms with Crippen molar-refractivity contribution in [3.05, 3.63) is 29.8 Å². The number of hydrogen-bond donors (Lipinski definition) is 2. The van der Waals surface area contributed by atoms with Crippen LogP contribution in [0.2, 0.25) is 0 Å². The average molecular weight is 448 g/mol. The summed E-state index contributed by atoms with van der Waals surface area (Å²) in [6.45, 7) is 2.39. The molecule has 3 aliphatic rings. The van der Waals surface area contributed by atoms with Gasteiger partial charge in [0.25, 0.3) is 0 Å². The second kappa shape index (κ2) is 9.26. The van der Waals surface area contributed by atoms with E-state index in [9.17, 15) is 13.2 Å². The average Bonchev–Trinajstić information content (AvgIpc) is 3.38. The summed E-state index contributed by atoms with van der Waals surface area (Å²) in [6.07, 6.45) is 7.20. The number of hydrogen-bond acceptors (Lipinski definition) is 6. The van der Waals surface area contributed by atoms with Gasteiger partial charge in [-0.1, -0.05) is 12.1 Å². The Bertz CT molecular complexity index is 910. The van der Waals surface area contributed by atoms with Gasteiger partial charge in [-0.2, -0.15) is 4.31 Å². The standard InChI is InChI=1S/C22H33N5O3S/c1-23-15-19(25-22(28)21-17-5-6-18(14-17)24-21)13-16-3-7-20(8-4-16)26-9-11-27(12-10-26)31(2,29)30/h3-4,7-8,15,17-19,21,24H,5-6,9-14H2,1-2H3,(H,25,28)/b23-15+/t17-,18+,19-,21-/m0/s1. The predicted molar refractivity (Wildman–Crippen MR) is 123 cm³/mol. The molecule has 31 heavy (non-hydrogen) atoms. The topological polar surface area (TPSA) is 94.1 Å². The van der Waals surface area contributed by atoms with E-state index in [0.717, 1.165) is 24.1 Å². The molecule has 0 radical (unpaired) electrons. The molecule has 170 valence electrons. The minimum absolute atomic E-state index is 0.0699. The first kappa shape index (κ1) is 22.2. The Labute approximate surface area is 185 Å². The van der Waals surface area contributed by atoms with Crippen molar-refractivity contribution >= 4 is 27.8 Å². The Morgan fingerprint density at radius 1 is 1.23 bits per heavy atom. The van der Waals surface area contributed by atoms with Crippen molar-refractivity contribution in [3.8, 4) is 0 Å². The van der Waals surface area contributed by atoms with Gasteiger partial charge in [0.05, 0.1) is 18.3 Å². The first-order valence-electron chi connectivity index (χ1n) is 11.1. The minimum atomic E-state index is -3.12. The van der Waals surface area contributed by atoms with Crippen LogP contribution >= 0.6 is 0 Å². The maximum Gasteiger partial charge on any atom is 0.237 e. The lowest BCUT2D eigenvalue weighted by Crippen LogP contribution is -2.51. The highest BCUT2D eigenvalue weighted by Gasteiger charge is 2.42. The Kier molecular flexibility index (Phi) is 6.64. The second-order valence-electron chi connectivity index (χ2n) is 8.96. The van der Waals surface area contributed by atoms with Crippen LogP contribution in [0.5, 0.6) is 0 Å². The number of benzene rings is 1. The maximum atomic E-state index is 12.8. The number of piperazine rings is 1. The van der Waals surface area contributed by atoms with Gasteiger partial charge in [-0.05, 0) is 49.3 Å². The number of amides is 1. The number of aliphatic imine (C=N–C) groups is 1. The Morgan fingerprint density at radius 3 is 2.48 bits per heavy atom. The molecule has 1 aromatic rings. The monoisotopic (exact) mass is 447 g/mol.